The molecule has 4 aromatic rings. The smallest absolute Gasteiger partial charge is 0.263 e. The number of nitrogens with zero attached hydrogens (tertiary/aromatic N) is 1. The number of aromatic nitrogens is 1. The van der Waals surface area contributed by atoms with Gasteiger partial charge in [-0.2, -0.15) is 0 Å². The number of methoxy groups -OCH3 is 2. The third-order valence-corrected chi connectivity index (χ3v) is 7.27. The number of nitrogens with one attached hydrogen (secondary N) is 2. The normalized spacial score (nSPS) is 11.7. The molecule has 2 amide bonds. The Balaban J connectivity index is 1.38. The van der Waals surface area contributed by atoms with E-state index in [9.17, 15) is 9.59 Å². The van der Waals surface area contributed by atoms with Crippen molar-refractivity contribution in [2.45, 2.75) is 24.0 Å². The first-order valence-electron chi connectivity index (χ1n) is 10.8. The number of hydrogen-bond acceptors (Lipinski definition) is 7. The zero-order valence-corrected chi connectivity index (χ0v) is 21.4. The Labute approximate surface area is 211 Å². The quantitative estimate of drug-likeness (QED) is 0.285. The number of carbonyl (C=O) groups is 2. The molecule has 0 radical (unpaired) electrons. The number of benzene rings is 3. The fourth-order valence-corrected chi connectivity index (χ4v) is 5.27. The van der Waals surface area contributed by atoms with Gasteiger partial charge in [0.15, 0.2) is 5.13 Å². The largest absolute Gasteiger partial charge is 0.496 e. The van der Waals surface area contributed by atoms with Crippen molar-refractivity contribution in [3.05, 3.63) is 71.8 Å². The number of thiazole rings is 1. The predicted molar refractivity (Wildman–Crippen MR) is 142 cm³/mol. The van der Waals surface area contributed by atoms with Crippen LogP contribution in [0, 0.1) is 6.92 Å². The molecule has 0 aliphatic carbocycles. The number of carbonyl (C=O) groups excluding carboxylic acids is 2. The van der Waals surface area contributed by atoms with Gasteiger partial charge in [0.25, 0.3) is 5.91 Å². The van der Waals surface area contributed by atoms with Crippen LogP contribution < -0.4 is 20.1 Å². The zero-order valence-electron chi connectivity index (χ0n) is 19.7. The van der Waals surface area contributed by atoms with Crippen LogP contribution in [0.1, 0.15) is 22.8 Å². The highest BCUT2D eigenvalue weighted by molar-refractivity contribution is 8.00. The molecule has 4 rings (SSSR count). The fraction of sp³-hybridized carbons (Fsp3) is 0.192. The molecule has 9 heteroatoms. The van der Waals surface area contributed by atoms with Crippen LogP contribution in [0.4, 0.5) is 10.8 Å². The predicted octanol–water partition coefficient (Wildman–Crippen LogP) is 5.99. The van der Waals surface area contributed by atoms with Crippen molar-refractivity contribution >= 4 is 55.9 Å². The molecular weight excluding hydrogens is 482 g/mol. The molecule has 1 unspecified atom stereocenters. The third-order valence-electron chi connectivity index (χ3n) is 5.22. The van der Waals surface area contributed by atoms with Crippen LogP contribution in [0.3, 0.4) is 0 Å². The van der Waals surface area contributed by atoms with Gasteiger partial charge in [0.05, 0.1) is 29.7 Å². The van der Waals surface area contributed by atoms with E-state index >= 15 is 0 Å². The molecule has 1 atom stereocenters. The van der Waals surface area contributed by atoms with E-state index in [1.807, 2.05) is 38.1 Å². The van der Waals surface area contributed by atoms with Gasteiger partial charge in [-0.15, -0.1) is 11.8 Å². The second kappa shape index (κ2) is 10.8. The van der Waals surface area contributed by atoms with Crippen molar-refractivity contribution in [1.29, 1.82) is 0 Å². The maximum atomic E-state index is 12.8. The van der Waals surface area contributed by atoms with Gasteiger partial charge in [0.1, 0.15) is 17.1 Å². The molecule has 0 bridgehead atoms. The van der Waals surface area contributed by atoms with E-state index in [0.29, 0.717) is 27.9 Å². The lowest BCUT2D eigenvalue weighted by Crippen LogP contribution is -2.22. The van der Waals surface area contributed by atoms with E-state index in [0.717, 1.165) is 20.7 Å². The summed E-state index contributed by atoms with van der Waals surface area (Å²) in [7, 11) is 3.01. The van der Waals surface area contributed by atoms with Crippen LogP contribution in [0.15, 0.2) is 65.6 Å². The highest BCUT2D eigenvalue weighted by atomic mass is 32.2. The van der Waals surface area contributed by atoms with Crippen molar-refractivity contribution in [3.63, 3.8) is 0 Å². The SMILES string of the molecule is COc1cccc(OC)c1C(=O)Nc1ccc(SC(C)C(=O)Nc2nc3ccc(C)cc3s2)cc1. The van der Waals surface area contributed by atoms with Crippen molar-refractivity contribution in [2.24, 2.45) is 0 Å². The minimum absolute atomic E-state index is 0.119. The lowest BCUT2D eigenvalue weighted by atomic mass is 10.1. The van der Waals surface area contributed by atoms with Gasteiger partial charge in [-0.25, -0.2) is 4.98 Å². The van der Waals surface area contributed by atoms with Gasteiger partial charge in [-0.3, -0.25) is 9.59 Å². The van der Waals surface area contributed by atoms with Crippen LogP contribution >= 0.6 is 23.1 Å². The first-order chi connectivity index (χ1) is 16.9. The second-order valence-corrected chi connectivity index (χ2v) is 10.2. The van der Waals surface area contributed by atoms with Crippen molar-refractivity contribution in [1.82, 2.24) is 4.98 Å². The number of hydrogen-bond donors (Lipinski definition) is 2. The minimum Gasteiger partial charge on any atom is -0.496 e. The van der Waals surface area contributed by atoms with Crippen LogP contribution in [0.5, 0.6) is 11.5 Å². The van der Waals surface area contributed by atoms with E-state index in [-0.39, 0.29) is 17.1 Å². The molecule has 0 aliphatic rings. The summed E-state index contributed by atoms with van der Waals surface area (Å²) < 4.78 is 11.7. The first-order valence-corrected chi connectivity index (χ1v) is 12.5. The van der Waals surface area contributed by atoms with E-state index in [2.05, 4.69) is 21.7 Å². The molecule has 0 spiro atoms. The van der Waals surface area contributed by atoms with Crippen LogP contribution in [0.25, 0.3) is 10.2 Å². The number of rotatable bonds is 8. The Morgan fingerprint density at radius 1 is 0.971 bits per heavy atom. The number of fused-ring (bicyclic) bond motifs is 1. The summed E-state index contributed by atoms with van der Waals surface area (Å²) in [5.41, 5.74) is 2.98. The highest BCUT2D eigenvalue weighted by Gasteiger charge is 2.19. The molecule has 1 heterocycles. The molecule has 0 aliphatic heterocycles. The topological polar surface area (TPSA) is 89.5 Å². The van der Waals surface area contributed by atoms with E-state index in [1.54, 1.807) is 30.3 Å². The minimum atomic E-state index is -0.335. The molecular formula is C26H25N3O4S2. The Hall–Kier alpha value is -3.56. The number of amides is 2. The van der Waals surface area contributed by atoms with Crippen LogP contribution in [0.2, 0.25) is 0 Å². The molecule has 2 N–H and O–H groups in total. The first kappa shape index (κ1) is 24.6. The maximum absolute atomic E-state index is 12.8. The third kappa shape index (κ3) is 5.75. The maximum Gasteiger partial charge on any atom is 0.263 e. The Morgan fingerprint density at radius 3 is 2.31 bits per heavy atom. The van der Waals surface area contributed by atoms with Gasteiger partial charge in [-0.05, 0) is 67.9 Å². The average molecular weight is 508 g/mol. The Morgan fingerprint density at radius 2 is 1.66 bits per heavy atom. The summed E-state index contributed by atoms with van der Waals surface area (Å²) in [6.45, 7) is 3.88. The number of ether oxygens (including phenoxy) is 2. The summed E-state index contributed by atoms with van der Waals surface area (Å²) in [6.07, 6.45) is 0. The molecule has 35 heavy (non-hydrogen) atoms. The van der Waals surface area contributed by atoms with E-state index in [4.69, 9.17) is 9.47 Å². The molecule has 0 saturated heterocycles. The summed E-state index contributed by atoms with van der Waals surface area (Å²) >= 11 is 2.89. The summed E-state index contributed by atoms with van der Waals surface area (Å²) in [4.78, 5) is 30.9. The van der Waals surface area contributed by atoms with Crippen molar-refractivity contribution < 1.29 is 19.1 Å². The second-order valence-electron chi connectivity index (χ2n) is 7.76. The molecule has 180 valence electrons. The molecule has 0 saturated carbocycles. The van der Waals surface area contributed by atoms with Crippen LogP contribution in [-0.2, 0) is 4.79 Å². The number of thioether (sulfide) groups is 1. The standard InChI is InChI=1S/C26H25N3O4S2/c1-15-8-13-19-22(14-15)35-26(28-19)29-24(30)16(2)34-18-11-9-17(10-12-18)27-25(31)23-20(32-3)6-5-7-21(23)33-4/h5-14,16H,1-4H3,(H,27,31)(H,28,29,30). The lowest BCUT2D eigenvalue weighted by molar-refractivity contribution is -0.115. The van der Waals surface area contributed by atoms with Gasteiger partial charge >= 0.3 is 0 Å². The summed E-state index contributed by atoms with van der Waals surface area (Å²) in [6, 6.07) is 18.5. The molecule has 3 aromatic carbocycles. The Bertz CT molecular complexity index is 1350. The highest BCUT2D eigenvalue weighted by Crippen LogP contribution is 2.31. The fourth-order valence-electron chi connectivity index (χ4n) is 3.44. The summed E-state index contributed by atoms with van der Waals surface area (Å²) in [5.74, 6) is 0.402. The molecule has 7 nitrogen and oxygen atoms in total. The van der Waals surface area contributed by atoms with Crippen molar-refractivity contribution in [2.75, 3.05) is 24.9 Å². The number of anilines is 2. The number of aryl methyl sites for hydroxylation is 1. The van der Waals surface area contributed by atoms with Gasteiger partial charge in [0, 0.05) is 10.6 Å². The molecule has 0 fully saturated rings. The summed E-state index contributed by atoms with van der Waals surface area (Å²) in [5, 5.41) is 6.04. The van der Waals surface area contributed by atoms with Gasteiger partial charge in [0.2, 0.25) is 5.91 Å². The molecule has 1 aromatic heterocycles. The van der Waals surface area contributed by atoms with E-state index < -0.39 is 0 Å². The van der Waals surface area contributed by atoms with Gasteiger partial charge < -0.3 is 20.1 Å². The average Bonchev–Trinajstić information content (AvgIpc) is 3.25. The van der Waals surface area contributed by atoms with E-state index in [1.165, 1.54) is 37.3 Å². The Kier molecular flexibility index (Phi) is 7.57. The zero-order chi connectivity index (χ0) is 24.9. The lowest BCUT2D eigenvalue weighted by Gasteiger charge is -2.14. The van der Waals surface area contributed by atoms with Crippen molar-refractivity contribution in [3.8, 4) is 11.5 Å². The van der Waals surface area contributed by atoms with Gasteiger partial charge in [-0.1, -0.05) is 23.5 Å². The van der Waals surface area contributed by atoms with Crippen LogP contribution in [-0.4, -0.2) is 36.3 Å². The monoisotopic (exact) mass is 507 g/mol.